The monoisotopic (exact) mass is 343 g/mol. The van der Waals surface area contributed by atoms with E-state index in [1.54, 1.807) is 24.3 Å². The van der Waals surface area contributed by atoms with E-state index in [1.165, 1.54) is 0 Å². The number of benzene rings is 1. The summed E-state index contributed by atoms with van der Waals surface area (Å²) in [5, 5.41) is 20.0. The lowest BCUT2D eigenvalue weighted by atomic mass is 9.80. The number of carbonyl (C=O) groups is 2. The van der Waals surface area contributed by atoms with Crippen molar-refractivity contribution < 1.29 is 19.4 Å². The Labute approximate surface area is 145 Å². The van der Waals surface area contributed by atoms with Crippen LogP contribution in [0, 0.1) is 11.8 Å². The van der Waals surface area contributed by atoms with Crippen LogP contribution in [0.1, 0.15) is 32.6 Å². The van der Waals surface area contributed by atoms with Gasteiger partial charge in [-0.1, -0.05) is 24.0 Å². The normalized spacial score (nSPS) is 23.0. The SMILES string of the molecule is CCOc1cccc(NC(=O)N=NC2=C(O)C3CCCCC3C2=O)c1. The largest absolute Gasteiger partial charge is 0.510 e. The highest BCUT2D eigenvalue weighted by Crippen LogP contribution is 2.42. The number of urea groups is 1. The fourth-order valence-electron chi connectivity index (χ4n) is 3.42. The first kappa shape index (κ1) is 17.1. The Morgan fingerprint density at radius 2 is 2.08 bits per heavy atom. The summed E-state index contributed by atoms with van der Waals surface area (Å²) in [6.45, 7) is 2.39. The smallest absolute Gasteiger partial charge is 0.364 e. The first-order valence-corrected chi connectivity index (χ1v) is 8.53. The highest BCUT2D eigenvalue weighted by molar-refractivity contribution is 6.00. The van der Waals surface area contributed by atoms with Crippen molar-refractivity contribution in [2.45, 2.75) is 32.6 Å². The molecule has 7 heteroatoms. The van der Waals surface area contributed by atoms with Gasteiger partial charge in [0, 0.05) is 23.6 Å². The number of carbonyl (C=O) groups excluding carboxylic acids is 2. The number of fused-ring (bicyclic) bond motifs is 1. The number of ether oxygens (including phenoxy) is 1. The second-order valence-corrected chi connectivity index (χ2v) is 6.19. The molecule has 0 heterocycles. The van der Waals surface area contributed by atoms with E-state index in [1.807, 2.05) is 6.92 Å². The summed E-state index contributed by atoms with van der Waals surface area (Å²) < 4.78 is 5.36. The van der Waals surface area contributed by atoms with Crippen LogP contribution in [0.2, 0.25) is 0 Å². The van der Waals surface area contributed by atoms with E-state index >= 15 is 0 Å². The van der Waals surface area contributed by atoms with Crippen LogP contribution in [0.3, 0.4) is 0 Å². The number of hydrogen-bond donors (Lipinski definition) is 2. The minimum atomic E-state index is -0.711. The Morgan fingerprint density at radius 3 is 2.80 bits per heavy atom. The minimum absolute atomic E-state index is 0.0235. The summed E-state index contributed by atoms with van der Waals surface area (Å²) in [5.41, 5.74) is 0.439. The zero-order valence-electron chi connectivity index (χ0n) is 14.1. The molecule has 0 saturated heterocycles. The van der Waals surface area contributed by atoms with E-state index in [9.17, 15) is 14.7 Å². The lowest BCUT2D eigenvalue weighted by Crippen LogP contribution is -2.21. The predicted octanol–water partition coefficient (Wildman–Crippen LogP) is 4.23. The Balaban J connectivity index is 1.67. The molecule has 2 aliphatic rings. The number of azo groups is 1. The number of allylic oxidation sites excluding steroid dienone is 2. The van der Waals surface area contributed by atoms with Crippen LogP contribution in [-0.4, -0.2) is 23.5 Å². The molecular formula is C18H21N3O4. The topological polar surface area (TPSA) is 100 Å². The zero-order valence-corrected chi connectivity index (χ0v) is 14.1. The molecule has 2 N–H and O–H groups in total. The third-order valence-electron chi connectivity index (χ3n) is 4.57. The summed E-state index contributed by atoms with van der Waals surface area (Å²) in [6, 6.07) is 6.18. The maximum absolute atomic E-state index is 12.3. The summed E-state index contributed by atoms with van der Waals surface area (Å²) in [4.78, 5) is 24.3. The molecular weight excluding hydrogens is 322 g/mol. The molecule has 2 aliphatic carbocycles. The average Bonchev–Trinajstić information content (AvgIpc) is 2.85. The highest BCUT2D eigenvalue weighted by atomic mass is 16.5. The van der Waals surface area contributed by atoms with Crippen LogP contribution in [0.4, 0.5) is 10.5 Å². The van der Waals surface area contributed by atoms with Gasteiger partial charge in [-0.25, -0.2) is 4.79 Å². The van der Waals surface area contributed by atoms with Crippen molar-refractivity contribution in [3.63, 3.8) is 0 Å². The van der Waals surface area contributed by atoms with Crippen molar-refractivity contribution in [2.24, 2.45) is 22.1 Å². The molecule has 0 bridgehead atoms. The van der Waals surface area contributed by atoms with E-state index < -0.39 is 6.03 Å². The third kappa shape index (κ3) is 3.70. The number of rotatable bonds is 4. The second-order valence-electron chi connectivity index (χ2n) is 6.19. The number of aliphatic hydroxyl groups is 1. The van der Waals surface area contributed by atoms with E-state index in [0.29, 0.717) is 18.0 Å². The molecule has 0 spiro atoms. The fraction of sp³-hybridized carbons (Fsp3) is 0.444. The van der Waals surface area contributed by atoms with Crippen LogP contribution >= 0.6 is 0 Å². The maximum Gasteiger partial charge on any atom is 0.364 e. The van der Waals surface area contributed by atoms with Gasteiger partial charge in [-0.15, -0.1) is 5.11 Å². The van der Waals surface area contributed by atoms with Crippen LogP contribution in [0.15, 0.2) is 46.0 Å². The van der Waals surface area contributed by atoms with Crippen LogP contribution < -0.4 is 10.1 Å². The first-order chi connectivity index (χ1) is 12.1. The van der Waals surface area contributed by atoms with E-state index in [0.717, 1.165) is 25.7 Å². The van der Waals surface area contributed by atoms with E-state index in [4.69, 9.17) is 4.74 Å². The van der Waals surface area contributed by atoms with Gasteiger partial charge in [0.15, 0.2) is 11.5 Å². The van der Waals surface area contributed by atoms with E-state index in [-0.39, 0.29) is 29.1 Å². The molecule has 2 unspecified atom stereocenters. The van der Waals surface area contributed by atoms with Crippen molar-refractivity contribution in [3.8, 4) is 5.75 Å². The fourth-order valence-corrected chi connectivity index (χ4v) is 3.42. The Hall–Kier alpha value is -2.70. The lowest BCUT2D eigenvalue weighted by molar-refractivity contribution is -0.120. The molecule has 132 valence electrons. The number of amides is 2. The van der Waals surface area contributed by atoms with Crippen molar-refractivity contribution in [1.29, 1.82) is 0 Å². The van der Waals surface area contributed by atoms with Crippen LogP contribution in [0.25, 0.3) is 0 Å². The maximum atomic E-state index is 12.3. The molecule has 0 radical (unpaired) electrons. The Morgan fingerprint density at radius 1 is 1.32 bits per heavy atom. The van der Waals surface area contributed by atoms with Gasteiger partial charge in [0.05, 0.1) is 6.61 Å². The number of hydrogen-bond acceptors (Lipinski definition) is 5. The number of Topliss-reactive ketones (excluding diaryl/α,β-unsaturated/α-hetero) is 1. The van der Waals surface area contributed by atoms with Crippen molar-refractivity contribution in [1.82, 2.24) is 0 Å². The standard InChI is InChI=1S/C18H21N3O4/c1-2-25-12-7-5-6-11(10-12)19-18(24)21-20-15-16(22)13-8-3-4-9-14(13)17(15)23/h5-7,10,13-14,22H,2-4,8-9H2,1H3,(H,19,24). The van der Waals surface area contributed by atoms with Gasteiger partial charge in [-0.2, -0.15) is 0 Å². The predicted molar refractivity (Wildman–Crippen MR) is 91.6 cm³/mol. The van der Waals surface area contributed by atoms with Gasteiger partial charge < -0.3 is 15.2 Å². The second kappa shape index (κ2) is 7.46. The summed E-state index contributed by atoms with van der Waals surface area (Å²) >= 11 is 0. The zero-order chi connectivity index (χ0) is 17.8. The van der Waals surface area contributed by atoms with Gasteiger partial charge in [-0.05, 0) is 31.9 Å². The minimum Gasteiger partial charge on any atom is -0.510 e. The number of aliphatic hydroxyl groups excluding tert-OH is 1. The molecule has 1 saturated carbocycles. The van der Waals surface area contributed by atoms with Crippen molar-refractivity contribution in [2.75, 3.05) is 11.9 Å². The van der Waals surface area contributed by atoms with Gasteiger partial charge in [0.1, 0.15) is 11.5 Å². The number of nitrogens with zero attached hydrogens (tertiary/aromatic N) is 2. The quantitative estimate of drug-likeness (QED) is 0.799. The number of nitrogens with one attached hydrogen (secondary N) is 1. The Bertz CT molecular complexity index is 742. The van der Waals surface area contributed by atoms with Gasteiger partial charge in [-0.3, -0.25) is 4.79 Å². The van der Waals surface area contributed by atoms with Crippen molar-refractivity contribution >= 4 is 17.5 Å². The van der Waals surface area contributed by atoms with Gasteiger partial charge in [0.25, 0.3) is 0 Å². The first-order valence-electron chi connectivity index (χ1n) is 8.53. The highest BCUT2D eigenvalue weighted by Gasteiger charge is 2.43. The molecule has 0 aromatic heterocycles. The molecule has 0 aliphatic heterocycles. The Kier molecular flexibility index (Phi) is 5.11. The molecule has 1 fully saturated rings. The molecule has 7 nitrogen and oxygen atoms in total. The molecule has 2 amide bonds. The number of anilines is 1. The van der Waals surface area contributed by atoms with Crippen LogP contribution in [0.5, 0.6) is 5.75 Å². The molecule has 1 aromatic rings. The van der Waals surface area contributed by atoms with Crippen molar-refractivity contribution in [3.05, 3.63) is 35.7 Å². The third-order valence-corrected chi connectivity index (χ3v) is 4.57. The van der Waals surface area contributed by atoms with Crippen LogP contribution in [-0.2, 0) is 4.79 Å². The molecule has 3 rings (SSSR count). The summed E-state index contributed by atoms with van der Waals surface area (Å²) in [6.07, 6.45) is 3.49. The molecule has 1 aromatic carbocycles. The van der Waals surface area contributed by atoms with Gasteiger partial charge in [0.2, 0.25) is 0 Å². The molecule has 25 heavy (non-hydrogen) atoms. The van der Waals surface area contributed by atoms with E-state index in [2.05, 4.69) is 15.5 Å². The lowest BCUT2D eigenvalue weighted by Gasteiger charge is -2.23. The molecule has 2 atom stereocenters. The summed E-state index contributed by atoms with van der Waals surface area (Å²) in [7, 11) is 0. The number of ketones is 1. The van der Waals surface area contributed by atoms with Gasteiger partial charge >= 0.3 is 6.03 Å². The average molecular weight is 343 g/mol. The summed E-state index contributed by atoms with van der Waals surface area (Å²) in [5.74, 6) is 0.0177.